The summed E-state index contributed by atoms with van der Waals surface area (Å²) >= 11 is 5.76. The number of halogens is 1. The molecule has 0 saturated heterocycles. The molecule has 0 unspecified atom stereocenters. The van der Waals surface area contributed by atoms with E-state index >= 15 is 0 Å². The molecule has 0 amide bonds. The number of hydrogen-bond donors (Lipinski definition) is 0. The van der Waals surface area contributed by atoms with Gasteiger partial charge in [0.05, 0.1) is 4.92 Å². The molecule has 0 bridgehead atoms. The maximum atomic E-state index is 10.8. The highest BCUT2D eigenvalue weighted by Crippen LogP contribution is 2.30. The van der Waals surface area contributed by atoms with Crippen LogP contribution in [0.25, 0.3) is 5.69 Å². The number of aromatic nitrogens is 2. The van der Waals surface area contributed by atoms with Crippen molar-refractivity contribution >= 4 is 17.3 Å². The summed E-state index contributed by atoms with van der Waals surface area (Å²) in [4.78, 5) is 10.3. The van der Waals surface area contributed by atoms with Crippen LogP contribution in [-0.4, -0.2) is 14.7 Å². The minimum absolute atomic E-state index is 0.105. The van der Waals surface area contributed by atoms with Gasteiger partial charge in [-0.1, -0.05) is 17.7 Å². The minimum Gasteiger partial charge on any atom is -0.258 e. The maximum absolute atomic E-state index is 10.8. The number of nitro benzene ring substituents is 1. The van der Waals surface area contributed by atoms with Gasteiger partial charge in [-0.3, -0.25) is 10.1 Å². The largest absolute Gasteiger partial charge is 0.313 e. The first-order valence-electron chi connectivity index (χ1n) is 4.13. The minimum atomic E-state index is -0.515. The Hall–Kier alpha value is -1.88. The highest BCUT2D eigenvalue weighted by atomic mass is 35.5. The first kappa shape index (κ1) is 9.67. The third kappa shape index (κ3) is 1.69. The van der Waals surface area contributed by atoms with Crippen LogP contribution in [0.15, 0.2) is 36.7 Å². The van der Waals surface area contributed by atoms with Crippen molar-refractivity contribution in [1.29, 1.82) is 0 Å². The van der Waals surface area contributed by atoms with E-state index in [-0.39, 0.29) is 10.7 Å². The van der Waals surface area contributed by atoms with Gasteiger partial charge in [-0.25, -0.2) is 4.68 Å². The van der Waals surface area contributed by atoms with E-state index in [1.165, 1.54) is 10.7 Å². The SMILES string of the molecule is O=[N+]([O-])c1c(Cl)cccc1-n1cccn1. The molecule has 6 heteroatoms. The second-order valence-electron chi connectivity index (χ2n) is 2.82. The Morgan fingerprint density at radius 2 is 2.20 bits per heavy atom. The van der Waals surface area contributed by atoms with Crippen molar-refractivity contribution in [3.8, 4) is 5.69 Å². The van der Waals surface area contributed by atoms with Crippen LogP contribution in [0.5, 0.6) is 0 Å². The fourth-order valence-corrected chi connectivity index (χ4v) is 1.52. The second kappa shape index (κ2) is 3.70. The van der Waals surface area contributed by atoms with Crippen molar-refractivity contribution in [2.24, 2.45) is 0 Å². The highest BCUT2D eigenvalue weighted by Gasteiger charge is 2.19. The Bertz CT molecular complexity index is 496. The van der Waals surface area contributed by atoms with Crippen LogP contribution in [0.1, 0.15) is 0 Å². The van der Waals surface area contributed by atoms with Crippen LogP contribution in [0, 0.1) is 10.1 Å². The Morgan fingerprint density at radius 1 is 1.40 bits per heavy atom. The molecule has 0 aliphatic carbocycles. The van der Waals surface area contributed by atoms with Gasteiger partial charge < -0.3 is 0 Å². The smallest absolute Gasteiger partial charge is 0.258 e. The predicted octanol–water partition coefficient (Wildman–Crippen LogP) is 2.43. The summed E-state index contributed by atoms with van der Waals surface area (Å²) in [5.74, 6) is 0. The molecule has 0 aliphatic rings. The number of nitro groups is 1. The fourth-order valence-electron chi connectivity index (χ4n) is 1.28. The van der Waals surface area contributed by atoms with Gasteiger partial charge in [-0.2, -0.15) is 5.10 Å². The molecule has 2 aromatic rings. The van der Waals surface area contributed by atoms with Crippen molar-refractivity contribution < 1.29 is 4.92 Å². The third-order valence-electron chi connectivity index (χ3n) is 1.90. The zero-order valence-corrected chi connectivity index (χ0v) is 8.26. The Labute approximate surface area is 90.1 Å². The van der Waals surface area contributed by atoms with E-state index in [9.17, 15) is 10.1 Å². The zero-order chi connectivity index (χ0) is 10.8. The number of rotatable bonds is 2. The summed E-state index contributed by atoms with van der Waals surface area (Å²) in [6, 6.07) is 6.40. The predicted molar refractivity (Wildman–Crippen MR) is 55.2 cm³/mol. The summed E-state index contributed by atoms with van der Waals surface area (Å²) in [6.07, 6.45) is 3.17. The molecule has 0 N–H and O–H groups in total. The highest BCUT2D eigenvalue weighted by molar-refractivity contribution is 6.33. The summed E-state index contributed by atoms with van der Waals surface area (Å²) in [5, 5.41) is 14.8. The quantitative estimate of drug-likeness (QED) is 0.580. The van der Waals surface area contributed by atoms with Crippen molar-refractivity contribution in [3.05, 3.63) is 51.8 Å². The van der Waals surface area contributed by atoms with E-state index in [1.54, 1.807) is 30.6 Å². The average Bonchev–Trinajstić information content (AvgIpc) is 2.69. The molecule has 1 aromatic carbocycles. The lowest BCUT2D eigenvalue weighted by molar-refractivity contribution is -0.384. The molecular formula is C9H6ClN3O2. The lowest BCUT2D eigenvalue weighted by Gasteiger charge is -2.03. The summed E-state index contributed by atoms with van der Waals surface area (Å²) in [6.45, 7) is 0. The first-order valence-corrected chi connectivity index (χ1v) is 4.51. The number of hydrogen-bond acceptors (Lipinski definition) is 3. The lowest BCUT2D eigenvalue weighted by Crippen LogP contribution is -2.00. The monoisotopic (exact) mass is 223 g/mol. The normalized spacial score (nSPS) is 10.2. The summed E-state index contributed by atoms with van der Waals surface area (Å²) in [5.41, 5.74) is 0.223. The lowest BCUT2D eigenvalue weighted by atomic mass is 10.2. The van der Waals surface area contributed by atoms with Gasteiger partial charge in [-0.05, 0) is 18.2 Å². The van der Waals surface area contributed by atoms with Crippen LogP contribution in [0.4, 0.5) is 5.69 Å². The van der Waals surface area contributed by atoms with Crippen molar-refractivity contribution in [3.63, 3.8) is 0 Å². The number of benzene rings is 1. The molecule has 2 rings (SSSR count). The van der Waals surface area contributed by atoms with Gasteiger partial charge in [0, 0.05) is 12.4 Å². The Kier molecular flexibility index (Phi) is 2.39. The topological polar surface area (TPSA) is 61.0 Å². The van der Waals surface area contributed by atoms with E-state index in [4.69, 9.17) is 11.6 Å². The first-order chi connectivity index (χ1) is 7.20. The van der Waals surface area contributed by atoms with Crippen molar-refractivity contribution in [2.45, 2.75) is 0 Å². The van der Waals surface area contributed by atoms with Gasteiger partial charge in [-0.15, -0.1) is 0 Å². The van der Waals surface area contributed by atoms with Crippen molar-refractivity contribution in [1.82, 2.24) is 9.78 Å². The van der Waals surface area contributed by atoms with E-state index in [0.717, 1.165) is 0 Å². The van der Waals surface area contributed by atoms with E-state index < -0.39 is 4.92 Å². The average molecular weight is 224 g/mol. The molecule has 0 saturated carbocycles. The third-order valence-corrected chi connectivity index (χ3v) is 2.20. The molecule has 5 nitrogen and oxygen atoms in total. The molecule has 0 fully saturated rings. The zero-order valence-electron chi connectivity index (χ0n) is 7.50. The van der Waals surface area contributed by atoms with Gasteiger partial charge in [0.2, 0.25) is 0 Å². The van der Waals surface area contributed by atoms with E-state index in [2.05, 4.69) is 5.10 Å². The molecule has 15 heavy (non-hydrogen) atoms. The summed E-state index contributed by atoms with van der Waals surface area (Å²) in [7, 11) is 0. The molecular weight excluding hydrogens is 218 g/mol. The van der Waals surface area contributed by atoms with E-state index in [0.29, 0.717) is 5.69 Å². The van der Waals surface area contributed by atoms with Gasteiger partial charge in [0.1, 0.15) is 10.7 Å². The van der Waals surface area contributed by atoms with Crippen molar-refractivity contribution in [2.75, 3.05) is 0 Å². The maximum Gasteiger partial charge on any atom is 0.313 e. The Balaban J connectivity index is 2.66. The van der Waals surface area contributed by atoms with Crippen LogP contribution < -0.4 is 0 Å². The van der Waals surface area contributed by atoms with E-state index in [1.807, 2.05) is 0 Å². The molecule has 0 aliphatic heterocycles. The van der Waals surface area contributed by atoms with Gasteiger partial charge in [0.15, 0.2) is 0 Å². The Morgan fingerprint density at radius 3 is 2.80 bits per heavy atom. The van der Waals surface area contributed by atoms with Gasteiger partial charge in [0.25, 0.3) is 0 Å². The fraction of sp³-hybridized carbons (Fsp3) is 0. The van der Waals surface area contributed by atoms with Crippen LogP contribution >= 0.6 is 11.6 Å². The molecule has 0 spiro atoms. The molecule has 1 heterocycles. The molecule has 0 radical (unpaired) electrons. The van der Waals surface area contributed by atoms with Crippen LogP contribution in [0.3, 0.4) is 0 Å². The van der Waals surface area contributed by atoms with Crippen LogP contribution in [-0.2, 0) is 0 Å². The van der Waals surface area contributed by atoms with Crippen LogP contribution in [0.2, 0.25) is 5.02 Å². The second-order valence-corrected chi connectivity index (χ2v) is 3.22. The standard InChI is InChI=1S/C9H6ClN3O2/c10-7-3-1-4-8(9(7)13(14)15)12-6-2-5-11-12/h1-6H. The molecule has 0 atom stereocenters. The van der Waals surface area contributed by atoms with Gasteiger partial charge >= 0.3 is 5.69 Å². The summed E-state index contributed by atoms with van der Waals surface area (Å²) < 4.78 is 1.41. The molecule has 76 valence electrons. The number of nitrogens with zero attached hydrogens (tertiary/aromatic N) is 3. The number of para-hydroxylation sites is 1. The molecule has 1 aromatic heterocycles.